The molecule has 2 heterocycles. The molecule has 1 N–H and O–H groups in total. The summed E-state index contributed by atoms with van der Waals surface area (Å²) in [6.07, 6.45) is 1.91. The molecule has 1 aromatic carbocycles. The molecule has 0 saturated carbocycles. The fourth-order valence-electron chi connectivity index (χ4n) is 3.78. The SMILES string of the molecule is COc1ccc(OC)c(C[NH+]2CCC(C(=O)N3CCOCC3)CC2)c1. The molecule has 2 aliphatic rings. The third-order valence-electron chi connectivity index (χ3n) is 5.29. The van der Waals surface area contributed by atoms with E-state index >= 15 is 0 Å². The molecule has 2 aliphatic heterocycles. The average Bonchev–Trinajstić information content (AvgIpc) is 2.68. The second kappa shape index (κ2) is 8.54. The minimum absolute atomic E-state index is 0.175. The van der Waals surface area contributed by atoms with E-state index in [1.54, 1.807) is 14.2 Å². The third-order valence-corrected chi connectivity index (χ3v) is 5.29. The van der Waals surface area contributed by atoms with Gasteiger partial charge in [-0.05, 0) is 18.2 Å². The Morgan fingerprint density at radius 2 is 1.92 bits per heavy atom. The molecule has 0 unspecified atom stereocenters. The van der Waals surface area contributed by atoms with Crippen molar-refractivity contribution in [2.24, 2.45) is 5.92 Å². The van der Waals surface area contributed by atoms with Gasteiger partial charge in [0.2, 0.25) is 5.91 Å². The zero-order valence-corrected chi connectivity index (χ0v) is 15.3. The summed E-state index contributed by atoms with van der Waals surface area (Å²) in [5, 5.41) is 0. The predicted octanol–water partition coefficient (Wildman–Crippen LogP) is 0.358. The van der Waals surface area contributed by atoms with Crippen LogP contribution in [0.2, 0.25) is 0 Å². The number of morpholine rings is 1. The molecule has 6 heteroatoms. The molecule has 2 fully saturated rings. The molecule has 0 aliphatic carbocycles. The Labute approximate surface area is 149 Å². The third kappa shape index (κ3) is 4.44. The summed E-state index contributed by atoms with van der Waals surface area (Å²) in [5.41, 5.74) is 1.16. The van der Waals surface area contributed by atoms with Crippen LogP contribution in [0.3, 0.4) is 0 Å². The molecule has 0 spiro atoms. The van der Waals surface area contributed by atoms with Crippen LogP contribution in [0.5, 0.6) is 11.5 Å². The maximum Gasteiger partial charge on any atom is 0.226 e. The number of hydrogen-bond acceptors (Lipinski definition) is 4. The summed E-state index contributed by atoms with van der Waals surface area (Å²) >= 11 is 0. The smallest absolute Gasteiger partial charge is 0.226 e. The van der Waals surface area contributed by atoms with Crippen LogP contribution in [0.15, 0.2) is 18.2 Å². The van der Waals surface area contributed by atoms with Gasteiger partial charge in [-0.2, -0.15) is 0 Å². The van der Waals surface area contributed by atoms with Crippen molar-refractivity contribution in [2.45, 2.75) is 19.4 Å². The summed E-state index contributed by atoms with van der Waals surface area (Å²) in [5.74, 6) is 2.25. The quantitative estimate of drug-likeness (QED) is 0.834. The molecule has 3 rings (SSSR count). The fourth-order valence-corrected chi connectivity index (χ4v) is 3.78. The Hall–Kier alpha value is -1.79. The molecule has 0 bridgehead atoms. The van der Waals surface area contributed by atoms with Gasteiger partial charge in [-0.1, -0.05) is 0 Å². The predicted molar refractivity (Wildman–Crippen MR) is 94.1 cm³/mol. The topological polar surface area (TPSA) is 52.4 Å². The van der Waals surface area contributed by atoms with Crippen LogP contribution in [-0.4, -0.2) is 64.4 Å². The van der Waals surface area contributed by atoms with Crippen molar-refractivity contribution >= 4 is 5.91 Å². The molecular formula is C19H29N2O4+. The lowest BCUT2D eigenvalue weighted by Gasteiger charge is -2.34. The molecule has 1 amide bonds. The number of methoxy groups -OCH3 is 2. The maximum absolute atomic E-state index is 12.6. The first kappa shape index (κ1) is 18.0. The highest BCUT2D eigenvalue weighted by atomic mass is 16.5. The number of carbonyl (C=O) groups is 1. The van der Waals surface area contributed by atoms with Crippen LogP contribution < -0.4 is 14.4 Å². The number of amides is 1. The minimum Gasteiger partial charge on any atom is -0.497 e. The van der Waals surface area contributed by atoms with Gasteiger partial charge in [0.15, 0.2) is 0 Å². The van der Waals surface area contributed by atoms with E-state index in [0.717, 1.165) is 62.6 Å². The number of nitrogens with one attached hydrogen (secondary N) is 1. The number of benzene rings is 1. The van der Waals surface area contributed by atoms with E-state index in [2.05, 4.69) is 6.07 Å². The minimum atomic E-state index is 0.175. The van der Waals surface area contributed by atoms with E-state index in [1.807, 2.05) is 17.0 Å². The van der Waals surface area contributed by atoms with Gasteiger partial charge in [0.05, 0.1) is 46.1 Å². The number of piperidine rings is 1. The Balaban J connectivity index is 1.55. The highest BCUT2D eigenvalue weighted by Gasteiger charge is 2.31. The van der Waals surface area contributed by atoms with Crippen LogP contribution in [0.4, 0.5) is 0 Å². The van der Waals surface area contributed by atoms with E-state index in [-0.39, 0.29) is 5.92 Å². The van der Waals surface area contributed by atoms with Gasteiger partial charge < -0.3 is 24.0 Å². The van der Waals surface area contributed by atoms with E-state index in [9.17, 15) is 4.79 Å². The average molecular weight is 349 g/mol. The van der Waals surface area contributed by atoms with E-state index in [0.29, 0.717) is 19.1 Å². The van der Waals surface area contributed by atoms with Crippen molar-refractivity contribution < 1.29 is 23.9 Å². The number of likely N-dealkylation sites (tertiary alicyclic amines) is 1. The van der Waals surface area contributed by atoms with Crippen molar-refractivity contribution in [3.63, 3.8) is 0 Å². The molecule has 138 valence electrons. The van der Waals surface area contributed by atoms with Crippen LogP contribution in [-0.2, 0) is 16.1 Å². The van der Waals surface area contributed by atoms with Crippen LogP contribution in [0.25, 0.3) is 0 Å². The summed E-state index contributed by atoms with van der Waals surface area (Å²) in [7, 11) is 3.38. The monoisotopic (exact) mass is 349 g/mol. The number of hydrogen-bond donors (Lipinski definition) is 1. The van der Waals surface area contributed by atoms with Gasteiger partial charge in [-0.3, -0.25) is 4.79 Å². The van der Waals surface area contributed by atoms with Gasteiger partial charge in [-0.15, -0.1) is 0 Å². The first-order valence-electron chi connectivity index (χ1n) is 9.12. The lowest BCUT2D eigenvalue weighted by Crippen LogP contribution is -3.11. The second-order valence-electron chi connectivity index (χ2n) is 6.82. The molecule has 0 atom stereocenters. The molecule has 0 aromatic heterocycles. The summed E-state index contributed by atoms with van der Waals surface area (Å²) in [4.78, 5) is 16.1. The van der Waals surface area contributed by atoms with E-state index in [4.69, 9.17) is 14.2 Å². The molecule has 2 saturated heterocycles. The molecule has 6 nitrogen and oxygen atoms in total. The molecule has 0 radical (unpaired) electrons. The van der Waals surface area contributed by atoms with Gasteiger partial charge in [-0.25, -0.2) is 0 Å². The van der Waals surface area contributed by atoms with E-state index < -0.39 is 0 Å². The number of ether oxygens (including phenoxy) is 3. The Kier molecular flexibility index (Phi) is 6.15. The number of nitrogens with zero attached hydrogens (tertiary/aromatic N) is 1. The number of carbonyl (C=O) groups excluding carboxylic acids is 1. The maximum atomic E-state index is 12.6. The summed E-state index contributed by atoms with van der Waals surface area (Å²) in [6, 6.07) is 5.93. The molecule has 25 heavy (non-hydrogen) atoms. The Morgan fingerprint density at radius 3 is 2.56 bits per heavy atom. The standard InChI is InChI=1S/C19H28N2O4/c1-23-17-3-4-18(24-2)16(13-17)14-20-7-5-15(6-8-20)19(22)21-9-11-25-12-10-21/h3-4,13,15H,5-12,14H2,1-2H3/p+1. The fraction of sp³-hybridized carbons (Fsp3) is 0.632. The lowest BCUT2D eigenvalue weighted by molar-refractivity contribution is -0.919. The van der Waals surface area contributed by atoms with Gasteiger partial charge >= 0.3 is 0 Å². The normalized spacial score (nSPS) is 24.0. The number of quaternary nitrogens is 1. The van der Waals surface area contributed by atoms with Crippen molar-refractivity contribution in [1.29, 1.82) is 0 Å². The summed E-state index contributed by atoms with van der Waals surface area (Å²) in [6.45, 7) is 5.76. The Bertz CT molecular complexity index is 579. The van der Waals surface area contributed by atoms with Crippen LogP contribution in [0.1, 0.15) is 18.4 Å². The van der Waals surface area contributed by atoms with Crippen molar-refractivity contribution in [3.05, 3.63) is 23.8 Å². The van der Waals surface area contributed by atoms with Crippen molar-refractivity contribution in [1.82, 2.24) is 4.90 Å². The Morgan fingerprint density at radius 1 is 1.20 bits per heavy atom. The van der Waals surface area contributed by atoms with Crippen LogP contribution in [0, 0.1) is 5.92 Å². The molecular weight excluding hydrogens is 320 g/mol. The van der Waals surface area contributed by atoms with Crippen molar-refractivity contribution in [2.75, 3.05) is 53.6 Å². The largest absolute Gasteiger partial charge is 0.497 e. The van der Waals surface area contributed by atoms with Crippen LogP contribution >= 0.6 is 0 Å². The first-order chi connectivity index (χ1) is 12.2. The highest BCUT2D eigenvalue weighted by molar-refractivity contribution is 5.79. The first-order valence-corrected chi connectivity index (χ1v) is 9.12. The number of rotatable bonds is 5. The van der Waals surface area contributed by atoms with Gasteiger partial charge in [0, 0.05) is 31.8 Å². The van der Waals surface area contributed by atoms with Crippen molar-refractivity contribution in [3.8, 4) is 11.5 Å². The highest BCUT2D eigenvalue weighted by Crippen LogP contribution is 2.23. The summed E-state index contributed by atoms with van der Waals surface area (Å²) < 4.78 is 16.2. The zero-order valence-electron chi connectivity index (χ0n) is 15.3. The van der Waals surface area contributed by atoms with Gasteiger partial charge in [0.25, 0.3) is 0 Å². The van der Waals surface area contributed by atoms with E-state index in [1.165, 1.54) is 4.90 Å². The van der Waals surface area contributed by atoms with Gasteiger partial charge in [0.1, 0.15) is 18.0 Å². The second-order valence-corrected chi connectivity index (χ2v) is 6.82. The molecule has 1 aromatic rings. The lowest BCUT2D eigenvalue weighted by atomic mass is 9.94. The zero-order chi connectivity index (χ0) is 17.6.